The second-order valence-electron chi connectivity index (χ2n) is 6.62. The fourth-order valence-electron chi connectivity index (χ4n) is 4.06. The van der Waals surface area contributed by atoms with Gasteiger partial charge in [-0.15, -0.1) is 0 Å². The Morgan fingerprint density at radius 3 is 2.56 bits per heavy atom. The first-order chi connectivity index (χ1) is 12.0. The maximum absolute atomic E-state index is 6.74. The van der Waals surface area contributed by atoms with E-state index in [1.54, 1.807) is 6.07 Å². The zero-order chi connectivity index (χ0) is 17.8. The van der Waals surface area contributed by atoms with Crippen molar-refractivity contribution in [1.29, 1.82) is 0 Å². The zero-order valence-corrected chi connectivity index (χ0v) is 16.1. The number of fused-ring (bicyclic) bond motifs is 5. The molecule has 0 aliphatic carbocycles. The van der Waals surface area contributed by atoms with Gasteiger partial charge in [0.25, 0.3) is 0 Å². The molecule has 2 aromatic carbocycles. The van der Waals surface area contributed by atoms with Crippen LogP contribution in [0.2, 0.25) is 10.0 Å². The van der Waals surface area contributed by atoms with E-state index in [0.717, 1.165) is 24.1 Å². The smallest absolute Gasteiger partial charge is 0.171 e. The van der Waals surface area contributed by atoms with E-state index in [2.05, 4.69) is 43.0 Å². The Kier molecular flexibility index (Phi) is 4.14. The molecule has 25 heavy (non-hydrogen) atoms. The van der Waals surface area contributed by atoms with E-state index < -0.39 is 0 Å². The van der Waals surface area contributed by atoms with Crippen LogP contribution in [0, 0.1) is 0 Å². The van der Waals surface area contributed by atoms with Crippen molar-refractivity contribution in [3.63, 3.8) is 0 Å². The third-order valence-corrected chi connectivity index (χ3v) is 5.89. The first-order valence-electron chi connectivity index (χ1n) is 8.72. The minimum Gasteiger partial charge on any atom is -0.469 e. The second kappa shape index (κ2) is 6.08. The summed E-state index contributed by atoms with van der Waals surface area (Å²) in [5, 5.41) is 1.11. The molecule has 0 radical (unpaired) electrons. The van der Waals surface area contributed by atoms with Crippen molar-refractivity contribution in [3.8, 4) is 5.75 Å². The van der Waals surface area contributed by atoms with Crippen LogP contribution in [0.15, 0.2) is 36.4 Å². The van der Waals surface area contributed by atoms with E-state index >= 15 is 0 Å². The van der Waals surface area contributed by atoms with Gasteiger partial charge in [-0.2, -0.15) is 0 Å². The normalized spacial score (nSPS) is 23.3. The van der Waals surface area contributed by atoms with Crippen LogP contribution in [0.3, 0.4) is 0 Å². The summed E-state index contributed by atoms with van der Waals surface area (Å²) < 4.78 is 12.9. The number of ether oxygens (including phenoxy) is 2. The molecule has 2 atom stereocenters. The minimum atomic E-state index is -0.332. The van der Waals surface area contributed by atoms with Gasteiger partial charge < -0.3 is 14.4 Å². The van der Waals surface area contributed by atoms with E-state index in [9.17, 15) is 0 Å². The molecule has 132 valence electrons. The summed E-state index contributed by atoms with van der Waals surface area (Å²) in [5.74, 6) is 0.667. The summed E-state index contributed by atoms with van der Waals surface area (Å²) in [7, 11) is 0. The molecule has 0 saturated heterocycles. The predicted octanol–water partition coefficient (Wildman–Crippen LogP) is 6.28. The first-order valence-corrected chi connectivity index (χ1v) is 9.47. The SMILES string of the molecule is CCC1(CC)O[C@@H]2c3cc(Cl)cc(Cl)c3O[C@H](C)N2c2ccccc21. The highest BCUT2D eigenvalue weighted by molar-refractivity contribution is 6.35. The number of hydrogen-bond acceptors (Lipinski definition) is 3. The number of para-hydroxylation sites is 1. The third kappa shape index (κ3) is 2.44. The predicted molar refractivity (Wildman–Crippen MR) is 102 cm³/mol. The molecule has 2 aliphatic heterocycles. The molecule has 2 heterocycles. The molecule has 3 nitrogen and oxygen atoms in total. The summed E-state index contributed by atoms with van der Waals surface area (Å²) in [6.45, 7) is 6.36. The van der Waals surface area contributed by atoms with E-state index in [1.807, 2.05) is 13.0 Å². The maximum atomic E-state index is 6.74. The average molecular weight is 378 g/mol. The number of benzene rings is 2. The molecular weight excluding hydrogens is 357 g/mol. The van der Waals surface area contributed by atoms with Crippen molar-refractivity contribution < 1.29 is 9.47 Å². The van der Waals surface area contributed by atoms with Gasteiger partial charge in [0.2, 0.25) is 0 Å². The van der Waals surface area contributed by atoms with Gasteiger partial charge in [-0.25, -0.2) is 0 Å². The van der Waals surface area contributed by atoms with Crippen molar-refractivity contribution in [1.82, 2.24) is 0 Å². The Hall–Kier alpha value is -1.42. The lowest BCUT2D eigenvalue weighted by atomic mass is 9.84. The highest BCUT2D eigenvalue weighted by Gasteiger charge is 2.47. The van der Waals surface area contributed by atoms with Gasteiger partial charge >= 0.3 is 0 Å². The topological polar surface area (TPSA) is 21.7 Å². The summed E-state index contributed by atoms with van der Waals surface area (Å²) in [6.07, 6.45) is 1.32. The lowest BCUT2D eigenvalue weighted by molar-refractivity contribution is -0.132. The highest BCUT2D eigenvalue weighted by Crippen LogP contribution is 2.54. The quantitative estimate of drug-likeness (QED) is 0.614. The van der Waals surface area contributed by atoms with Crippen molar-refractivity contribution in [3.05, 3.63) is 57.6 Å². The van der Waals surface area contributed by atoms with Gasteiger partial charge in [-0.05, 0) is 38.0 Å². The van der Waals surface area contributed by atoms with Crippen LogP contribution in [-0.2, 0) is 10.3 Å². The number of anilines is 1. The Bertz CT molecular complexity index is 819. The van der Waals surface area contributed by atoms with E-state index in [4.69, 9.17) is 32.7 Å². The van der Waals surface area contributed by atoms with Crippen molar-refractivity contribution in [2.24, 2.45) is 0 Å². The molecule has 0 amide bonds. The Morgan fingerprint density at radius 1 is 1.12 bits per heavy atom. The Morgan fingerprint density at radius 2 is 1.84 bits per heavy atom. The second-order valence-corrected chi connectivity index (χ2v) is 7.46. The van der Waals surface area contributed by atoms with Crippen LogP contribution in [0.5, 0.6) is 5.75 Å². The standard InChI is InChI=1S/C20H21Cl2NO2/c1-4-20(5-2)15-8-6-7-9-17(15)23-12(3)24-18-14(19(23)25-20)10-13(21)11-16(18)22/h6-12,19H,4-5H2,1-3H3/t12-,19-/m1/s1. The number of nitrogens with zero attached hydrogens (tertiary/aromatic N) is 1. The molecule has 0 spiro atoms. The van der Waals surface area contributed by atoms with E-state index in [1.165, 1.54) is 5.56 Å². The Labute approximate surface area is 158 Å². The van der Waals surface area contributed by atoms with Gasteiger partial charge in [0.05, 0.1) is 10.6 Å². The summed E-state index contributed by atoms with van der Waals surface area (Å²) in [5.41, 5.74) is 2.91. The molecule has 2 aromatic rings. The molecule has 0 saturated carbocycles. The summed E-state index contributed by atoms with van der Waals surface area (Å²) in [4.78, 5) is 2.17. The lowest BCUT2D eigenvalue weighted by Crippen LogP contribution is -2.52. The molecule has 0 fully saturated rings. The van der Waals surface area contributed by atoms with Crippen molar-refractivity contribution in [2.45, 2.75) is 51.7 Å². The van der Waals surface area contributed by atoms with E-state index in [0.29, 0.717) is 15.8 Å². The molecular formula is C20H21Cl2NO2. The van der Waals surface area contributed by atoms with Crippen LogP contribution in [0.4, 0.5) is 5.69 Å². The molecule has 0 N–H and O–H groups in total. The van der Waals surface area contributed by atoms with Gasteiger partial charge in [0.15, 0.2) is 12.5 Å². The largest absolute Gasteiger partial charge is 0.469 e. The van der Waals surface area contributed by atoms with Crippen molar-refractivity contribution in [2.75, 3.05) is 4.90 Å². The maximum Gasteiger partial charge on any atom is 0.171 e. The fourth-order valence-corrected chi connectivity index (χ4v) is 4.61. The van der Waals surface area contributed by atoms with Crippen LogP contribution in [0.1, 0.15) is 51.0 Å². The fraction of sp³-hybridized carbons (Fsp3) is 0.400. The van der Waals surface area contributed by atoms with Crippen LogP contribution in [-0.4, -0.2) is 6.23 Å². The summed E-state index contributed by atoms with van der Waals surface area (Å²) in [6, 6.07) is 12.0. The Balaban J connectivity index is 1.96. The average Bonchev–Trinajstić information content (AvgIpc) is 2.61. The molecule has 2 aliphatic rings. The lowest BCUT2D eigenvalue weighted by Gasteiger charge is -2.52. The van der Waals surface area contributed by atoms with Crippen LogP contribution < -0.4 is 9.64 Å². The molecule has 0 bridgehead atoms. The minimum absolute atomic E-state index is 0.191. The number of halogens is 2. The van der Waals surface area contributed by atoms with Gasteiger partial charge in [0.1, 0.15) is 5.75 Å². The van der Waals surface area contributed by atoms with Crippen LogP contribution >= 0.6 is 23.2 Å². The highest BCUT2D eigenvalue weighted by atomic mass is 35.5. The van der Waals surface area contributed by atoms with Gasteiger partial charge in [0, 0.05) is 21.8 Å². The van der Waals surface area contributed by atoms with Crippen molar-refractivity contribution >= 4 is 28.9 Å². The first kappa shape index (κ1) is 17.0. The van der Waals surface area contributed by atoms with Gasteiger partial charge in [-0.1, -0.05) is 55.2 Å². The molecule has 0 unspecified atom stereocenters. The zero-order valence-electron chi connectivity index (χ0n) is 14.6. The molecule has 4 rings (SSSR count). The monoisotopic (exact) mass is 377 g/mol. The summed E-state index contributed by atoms with van der Waals surface area (Å²) >= 11 is 12.7. The van der Waals surface area contributed by atoms with Gasteiger partial charge in [-0.3, -0.25) is 0 Å². The number of hydrogen-bond donors (Lipinski definition) is 0. The van der Waals surface area contributed by atoms with E-state index in [-0.39, 0.29) is 18.1 Å². The number of rotatable bonds is 2. The van der Waals surface area contributed by atoms with Crippen LogP contribution in [0.25, 0.3) is 0 Å². The molecule has 5 heteroatoms. The molecule has 0 aromatic heterocycles. The third-order valence-electron chi connectivity index (χ3n) is 5.39.